The number of halogens is 3. The van der Waals surface area contributed by atoms with Gasteiger partial charge in [0.15, 0.2) is 21.1 Å². The molecule has 0 N–H and O–H groups in total. The van der Waals surface area contributed by atoms with Gasteiger partial charge in [-0.1, -0.05) is 10.3 Å². The Labute approximate surface area is 175 Å². The van der Waals surface area contributed by atoms with Gasteiger partial charge in [0.1, 0.15) is 12.3 Å². The number of fused-ring (bicyclic) bond motifs is 1. The molecule has 3 aromatic rings. The van der Waals surface area contributed by atoms with Crippen LogP contribution in [-0.4, -0.2) is 36.9 Å². The van der Waals surface area contributed by atoms with Gasteiger partial charge in [-0.25, -0.2) is 4.79 Å². The highest BCUT2D eigenvalue weighted by molar-refractivity contribution is 7.95. The maximum atomic E-state index is 13.0. The third kappa shape index (κ3) is 3.89. The van der Waals surface area contributed by atoms with Crippen molar-refractivity contribution in [2.24, 2.45) is 0 Å². The molecular formula is C19H17F3N4O4S. The van der Waals surface area contributed by atoms with Crippen molar-refractivity contribution in [2.75, 3.05) is 13.7 Å². The summed E-state index contributed by atoms with van der Waals surface area (Å²) >= 11 is 0. The highest BCUT2D eigenvalue weighted by Crippen LogP contribution is 2.30. The lowest BCUT2D eigenvalue weighted by atomic mass is 10.2. The summed E-state index contributed by atoms with van der Waals surface area (Å²) in [5.41, 5.74) is -1.24. The molecule has 1 aliphatic heterocycles. The molecule has 0 amide bonds. The Kier molecular flexibility index (Phi) is 5.23. The molecule has 0 bridgehead atoms. The second-order valence-electron chi connectivity index (χ2n) is 6.82. The first-order valence-corrected chi connectivity index (χ1v) is 10.6. The fourth-order valence-electron chi connectivity index (χ4n) is 3.30. The number of sulfonamides is 1. The van der Waals surface area contributed by atoms with Crippen molar-refractivity contribution in [1.29, 1.82) is 0 Å². The first-order chi connectivity index (χ1) is 14.6. The number of methoxy groups -OCH3 is 1. The number of nitrogens with zero attached hydrogens (tertiary/aromatic N) is 4. The van der Waals surface area contributed by atoms with Crippen molar-refractivity contribution in [3.63, 3.8) is 0 Å². The largest absolute Gasteiger partial charge is 0.593 e. The molecule has 0 spiro atoms. The molecule has 0 saturated heterocycles. The SMILES string of the molecule is COc1cccc([S+](=O)([O-])N2CCn3c(nn(-c4ccc(C(F)(F)F)cc4)c3=O)C2)c1. The fraction of sp³-hybridized carbons (Fsp3) is 0.263. The van der Waals surface area contributed by atoms with Crippen molar-refractivity contribution >= 4 is 10.4 Å². The normalized spacial score (nSPS) is 16.5. The number of hydrogen-bond acceptors (Lipinski definition) is 5. The summed E-state index contributed by atoms with van der Waals surface area (Å²) in [6.07, 6.45) is -4.49. The Morgan fingerprint density at radius 3 is 2.48 bits per heavy atom. The van der Waals surface area contributed by atoms with Gasteiger partial charge in [0.05, 0.1) is 24.9 Å². The maximum Gasteiger partial charge on any atom is 0.416 e. The second-order valence-corrected chi connectivity index (χ2v) is 8.76. The predicted octanol–water partition coefficient (Wildman–Crippen LogP) is 2.48. The van der Waals surface area contributed by atoms with Gasteiger partial charge in [0, 0.05) is 12.6 Å². The first-order valence-electron chi connectivity index (χ1n) is 9.12. The van der Waals surface area contributed by atoms with E-state index in [4.69, 9.17) is 4.74 Å². The molecule has 1 aromatic heterocycles. The zero-order chi connectivity index (χ0) is 22.4. The van der Waals surface area contributed by atoms with E-state index in [1.807, 2.05) is 0 Å². The van der Waals surface area contributed by atoms with Crippen LogP contribution in [0.2, 0.25) is 0 Å². The van der Waals surface area contributed by atoms with Crippen LogP contribution in [0, 0.1) is 0 Å². The molecule has 8 nitrogen and oxygen atoms in total. The Morgan fingerprint density at radius 2 is 1.84 bits per heavy atom. The lowest BCUT2D eigenvalue weighted by molar-refractivity contribution is -0.137. The first kappa shape index (κ1) is 21.3. The van der Waals surface area contributed by atoms with Crippen LogP contribution in [0.3, 0.4) is 0 Å². The standard InChI is InChI=1S/C19H17F3N4O4S/c1-30-15-3-2-4-16(11-15)31(28,29)24-9-10-25-17(12-24)23-26(18(25)27)14-7-5-13(6-8-14)19(20,21)22/h2-8,11H,9-10,12H2,1H3. The zero-order valence-corrected chi connectivity index (χ0v) is 17.0. The summed E-state index contributed by atoms with van der Waals surface area (Å²) in [6, 6.07) is 10.0. The van der Waals surface area contributed by atoms with E-state index in [0.717, 1.165) is 28.9 Å². The molecule has 1 atom stereocenters. The smallest absolute Gasteiger partial charge is 0.416 e. The number of rotatable bonds is 4. The zero-order valence-electron chi connectivity index (χ0n) is 16.2. The van der Waals surface area contributed by atoms with Crippen molar-refractivity contribution in [3.05, 3.63) is 70.4 Å². The highest BCUT2D eigenvalue weighted by atomic mass is 32.3. The molecule has 0 radical (unpaired) electrons. The summed E-state index contributed by atoms with van der Waals surface area (Å²) in [5.74, 6) is 0.587. The molecular weight excluding hydrogens is 437 g/mol. The quantitative estimate of drug-likeness (QED) is 0.565. The predicted molar refractivity (Wildman–Crippen MR) is 103 cm³/mol. The number of ether oxygens (including phenoxy) is 1. The topological polar surface area (TPSA) is 92.4 Å². The third-order valence-electron chi connectivity index (χ3n) is 4.95. The molecule has 1 aliphatic rings. The van der Waals surface area contributed by atoms with E-state index in [0.29, 0.717) is 5.75 Å². The lowest BCUT2D eigenvalue weighted by Gasteiger charge is -2.29. The third-order valence-corrected chi connectivity index (χ3v) is 6.79. The minimum Gasteiger partial charge on any atom is -0.593 e. The van der Waals surface area contributed by atoms with Crippen molar-refractivity contribution < 1.29 is 26.7 Å². The summed E-state index contributed by atoms with van der Waals surface area (Å²) in [4.78, 5) is 12.7. The lowest BCUT2D eigenvalue weighted by Crippen LogP contribution is -2.43. The Morgan fingerprint density at radius 1 is 1.13 bits per heavy atom. The Hall–Kier alpha value is -2.96. The average molecular weight is 454 g/mol. The summed E-state index contributed by atoms with van der Waals surface area (Å²) in [5, 5.41) is 4.16. The average Bonchev–Trinajstić information content (AvgIpc) is 3.09. The number of hydrogen-bond donors (Lipinski definition) is 0. The molecule has 0 aliphatic carbocycles. The maximum absolute atomic E-state index is 13.0. The summed E-state index contributed by atoms with van der Waals surface area (Å²) in [6.45, 7) is -0.0361. The van der Waals surface area contributed by atoms with E-state index >= 15 is 0 Å². The minimum absolute atomic E-state index is 0.0461. The van der Waals surface area contributed by atoms with Crippen LogP contribution >= 0.6 is 0 Å². The van der Waals surface area contributed by atoms with Crippen LogP contribution in [0.15, 0.2) is 58.2 Å². The van der Waals surface area contributed by atoms with E-state index in [-0.39, 0.29) is 36.0 Å². The van der Waals surface area contributed by atoms with Gasteiger partial charge in [-0.2, -0.15) is 17.9 Å². The van der Waals surface area contributed by atoms with E-state index in [1.54, 1.807) is 12.1 Å². The number of benzene rings is 2. The second kappa shape index (κ2) is 7.62. The molecule has 2 aromatic carbocycles. The minimum atomic E-state index is -4.49. The van der Waals surface area contributed by atoms with E-state index < -0.39 is 27.8 Å². The number of alkyl halides is 3. The van der Waals surface area contributed by atoms with Gasteiger partial charge in [0.25, 0.3) is 0 Å². The van der Waals surface area contributed by atoms with Gasteiger partial charge in [0.2, 0.25) is 0 Å². The fourth-order valence-corrected chi connectivity index (χ4v) is 4.72. The molecule has 0 saturated carbocycles. The van der Waals surface area contributed by atoms with E-state index in [1.165, 1.54) is 28.1 Å². The molecule has 1 unspecified atom stereocenters. The van der Waals surface area contributed by atoms with Crippen LogP contribution in [0.1, 0.15) is 11.4 Å². The molecule has 31 heavy (non-hydrogen) atoms. The van der Waals surface area contributed by atoms with Crippen molar-refractivity contribution in [3.8, 4) is 11.4 Å². The Bertz CT molecular complexity index is 1220. The molecule has 164 valence electrons. The van der Waals surface area contributed by atoms with Gasteiger partial charge in [-0.3, -0.25) is 4.57 Å². The van der Waals surface area contributed by atoms with Gasteiger partial charge >= 0.3 is 11.9 Å². The van der Waals surface area contributed by atoms with Gasteiger partial charge < -0.3 is 9.29 Å². The van der Waals surface area contributed by atoms with E-state index in [9.17, 15) is 26.7 Å². The van der Waals surface area contributed by atoms with Crippen LogP contribution in [-0.2, 0) is 33.9 Å². The van der Waals surface area contributed by atoms with Gasteiger partial charge in [-0.05, 0) is 36.4 Å². The van der Waals surface area contributed by atoms with Gasteiger partial charge in [-0.15, -0.1) is 9.40 Å². The monoisotopic (exact) mass is 454 g/mol. The van der Waals surface area contributed by atoms with E-state index in [2.05, 4.69) is 5.10 Å². The Balaban J connectivity index is 1.63. The molecule has 4 rings (SSSR count). The van der Waals surface area contributed by atoms with Crippen LogP contribution in [0.25, 0.3) is 5.69 Å². The van der Waals surface area contributed by atoms with Crippen molar-refractivity contribution in [1.82, 2.24) is 18.7 Å². The number of aromatic nitrogens is 3. The molecule has 0 fully saturated rings. The van der Waals surface area contributed by atoms with Crippen molar-refractivity contribution in [2.45, 2.75) is 24.2 Å². The van der Waals surface area contributed by atoms with Crippen LogP contribution in [0.5, 0.6) is 5.75 Å². The van der Waals surface area contributed by atoms with Crippen LogP contribution in [0.4, 0.5) is 13.2 Å². The molecule has 2 heterocycles. The summed E-state index contributed by atoms with van der Waals surface area (Å²) in [7, 11) is -2.43. The highest BCUT2D eigenvalue weighted by Gasteiger charge is 2.36. The summed E-state index contributed by atoms with van der Waals surface area (Å²) < 4.78 is 72.9. The van der Waals surface area contributed by atoms with Crippen LogP contribution < -0.4 is 10.4 Å². The molecule has 12 heteroatoms.